The quantitative estimate of drug-likeness (QED) is 0.349. The van der Waals surface area contributed by atoms with Gasteiger partial charge in [-0.1, -0.05) is 30.3 Å². The molecule has 0 bridgehead atoms. The van der Waals surface area contributed by atoms with Gasteiger partial charge in [-0.15, -0.1) is 11.8 Å². The first-order chi connectivity index (χ1) is 16.4. The number of carbonyl (C=O) groups excluding carboxylic acids is 1. The van der Waals surface area contributed by atoms with Crippen LogP contribution in [0.4, 0.5) is 17.1 Å². The molecule has 3 atom stereocenters. The maximum atomic E-state index is 13.9. The van der Waals surface area contributed by atoms with Crippen LogP contribution in [0.1, 0.15) is 49.5 Å². The first-order valence-corrected chi connectivity index (χ1v) is 12.7. The number of rotatable bonds is 4. The van der Waals surface area contributed by atoms with Crippen LogP contribution in [0.3, 0.4) is 0 Å². The Balaban J connectivity index is 1.52. The zero-order valence-electron chi connectivity index (χ0n) is 19.6. The number of amides is 1. The van der Waals surface area contributed by atoms with Crippen molar-refractivity contribution in [3.05, 3.63) is 83.9 Å². The fraction of sp³-hybridized carbons (Fsp3) is 0.286. The molecule has 1 unspecified atom stereocenters. The maximum Gasteiger partial charge on any atom is 0.249 e. The predicted octanol–water partition coefficient (Wildman–Crippen LogP) is 6.25. The lowest BCUT2D eigenvalue weighted by molar-refractivity contribution is -0.117. The summed E-state index contributed by atoms with van der Waals surface area (Å²) in [5, 5.41) is 7.39. The Morgan fingerprint density at radius 3 is 2.32 bits per heavy atom. The van der Waals surface area contributed by atoms with E-state index in [1.54, 1.807) is 17.8 Å². The molecule has 3 aromatic carbocycles. The van der Waals surface area contributed by atoms with Gasteiger partial charge in [-0.25, -0.2) is 0 Å². The van der Waals surface area contributed by atoms with Crippen LogP contribution in [0, 0.1) is 5.41 Å². The van der Waals surface area contributed by atoms with Crippen molar-refractivity contribution < 1.29 is 4.79 Å². The third kappa shape index (κ3) is 4.07. The van der Waals surface area contributed by atoms with Gasteiger partial charge in [0.15, 0.2) is 0 Å². The molecule has 1 amide bonds. The zero-order chi connectivity index (χ0) is 23.8. The number of nitrogen functional groups attached to an aromatic ring is 1. The van der Waals surface area contributed by atoms with Crippen LogP contribution in [-0.2, 0) is 4.79 Å². The van der Waals surface area contributed by atoms with Crippen LogP contribution in [0.25, 0.3) is 0 Å². The molecule has 2 aliphatic rings. The zero-order valence-corrected chi connectivity index (χ0v) is 20.4. The molecule has 5 nitrogen and oxygen atoms in total. The lowest BCUT2D eigenvalue weighted by Crippen LogP contribution is -2.43. The number of nitrogens with zero attached hydrogens (tertiary/aromatic N) is 2. The van der Waals surface area contributed by atoms with Crippen molar-refractivity contribution in [3.8, 4) is 0 Å². The second-order valence-electron chi connectivity index (χ2n) is 9.23. The van der Waals surface area contributed by atoms with E-state index in [2.05, 4.69) is 49.1 Å². The molecule has 0 spiro atoms. The molecule has 1 fully saturated rings. The molecule has 3 N–H and O–H groups in total. The summed E-state index contributed by atoms with van der Waals surface area (Å²) in [5.74, 6) is 0.0148. The summed E-state index contributed by atoms with van der Waals surface area (Å²) in [5.41, 5.74) is 10.2. The average Bonchev–Trinajstić information content (AvgIpc) is 2.84. The van der Waals surface area contributed by atoms with Crippen molar-refractivity contribution in [2.45, 2.75) is 55.3 Å². The summed E-state index contributed by atoms with van der Waals surface area (Å²) in [4.78, 5) is 19.3. The minimum atomic E-state index is -0.406. The van der Waals surface area contributed by atoms with E-state index >= 15 is 0 Å². The molecule has 5 rings (SSSR count). The van der Waals surface area contributed by atoms with Crippen molar-refractivity contribution >= 4 is 40.6 Å². The number of thioether (sulfide) groups is 1. The number of para-hydroxylation sites is 1. The van der Waals surface area contributed by atoms with Crippen molar-refractivity contribution in [3.63, 3.8) is 0 Å². The third-order valence-corrected chi connectivity index (χ3v) is 8.20. The van der Waals surface area contributed by atoms with E-state index in [1.165, 1.54) is 24.9 Å². The van der Waals surface area contributed by atoms with E-state index in [4.69, 9.17) is 11.1 Å². The van der Waals surface area contributed by atoms with Crippen LogP contribution in [0.2, 0.25) is 0 Å². The van der Waals surface area contributed by atoms with Gasteiger partial charge in [0.05, 0.1) is 5.69 Å². The number of piperidine rings is 1. The van der Waals surface area contributed by atoms with Crippen molar-refractivity contribution in [2.75, 3.05) is 9.80 Å². The minimum Gasteiger partial charge on any atom is -0.384 e. The van der Waals surface area contributed by atoms with Gasteiger partial charge in [-0.3, -0.25) is 15.1 Å². The Morgan fingerprint density at radius 1 is 0.941 bits per heavy atom. The summed E-state index contributed by atoms with van der Waals surface area (Å²) in [7, 11) is 0. The predicted molar refractivity (Wildman–Crippen MR) is 141 cm³/mol. The first-order valence-electron chi connectivity index (χ1n) is 11.9. The van der Waals surface area contributed by atoms with Crippen LogP contribution in [0.5, 0.6) is 0 Å². The van der Waals surface area contributed by atoms with E-state index in [1.807, 2.05) is 41.3 Å². The highest BCUT2D eigenvalue weighted by Gasteiger charge is 2.36. The molecular formula is C28H30N4OS. The fourth-order valence-electron chi connectivity index (χ4n) is 5.21. The molecular weight excluding hydrogens is 440 g/mol. The Labute approximate surface area is 205 Å². The second-order valence-corrected chi connectivity index (χ2v) is 10.4. The maximum absolute atomic E-state index is 13.9. The highest BCUT2D eigenvalue weighted by molar-refractivity contribution is 8.00. The lowest BCUT2D eigenvalue weighted by atomic mass is 9.96. The number of benzene rings is 3. The van der Waals surface area contributed by atoms with E-state index in [9.17, 15) is 4.79 Å². The number of hydrogen-bond acceptors (Lipinski definition) is 4. The molecule has 0 aromatic heterocycles. The normalized spacial score (nSPS) is 22.4. The number of anilines is 3. The highest BCUT2D eigenvalue weighted by Crippen LogP contribution is 2.49. The summed E-state index contributed by atoms with van der Waals surface area (Å²) >= 11 is 1.55. The van der Waals surface area contributed by atoms with Gasteiger partial charge >= 0.3 is 0 Å². The largest absolute Gasteiger partial charge is 0.384 e. The Kier molecular flexibility index (Phi) is 6.09. The van der Waals surface area contributed by atoms with E-state index in [-0.39, 0.29) is 11.7 Å². The molecule has 34 heavy (non-hydrogen) atoms. The summed E-state index contributed by atoms with van der Waals surface area (Å²) in [6, 6.07) is 25.0. The molecule has 0 saturated carbocycles. The standard InChI is InChI=1S/C28H30N4OS/c1-18-7-5-8-19(2)31(18)22-13-15-23(16-14-22)32-24-11-3-4-12-25(24)34-26(28(32)33)20-9-6-10-21(17-20)27(29)30/h3-4,6,9-19,26H,5,7-8H2,1-2H3,(H3,29,30)/t18-,19+,26?. The summed E-state index contributed by atoms with van der Waals surface area (Å²) in [6.45, 7) is 4.59. The SMILES string of the molecule is C[C@@H]1CCC[C@H](C)N1c1ccc(N2C(=O)C(c3cccc(C(=N)N)c3)Sc3ccccc32)cc1. The highest BCUT2D eigenvalue weighted by atomic mass is 32.2. The van der Waals surface area contributed by atoms with Crippen molar-refractivity contribution in [2.24, 2.45) is 5.73 Å². The molecule has 3 aromatic rings. The molecule has 1 saturated heterocycles. The van der Waals surface area contributed by atoms with Gasteiger partial charge < -0.3 is 10.6 Å². The van der Waals surface area contributed by atoms with E-state index in [0.717, 1.165) is 21.8 Å². The van der Waals surface area contributed by atoms with Gasteiger partial charge in [-0.2, -0.15) is 0 Å². The van der Waals surface area contributed by atoms with Gasteiger partial charge in [-0.05, 0) is 81.1 Å². The van der Waals surface area contributed by atoms with E-state index in [0.29, 0.717) is 17.6 Å². The van der Waals surface area contributed by atoms with E-state index < -0.39 is 5.25 Å². The van der Waals surface area contributed by atoms with Gasteiger partial charge in [0.1, 0.15) is 11.1 Å². The number of nitrogens with one attached hydrogen (secondary N) is 1. The topological polar surface area (TPSA) is 73.4 Å². The number of carbonyl (C=O) groups is 1. The number of fused-ring (bicyclic) bond motifs is 1. The average molecular weight is 471 g/mol. The molecule has 0 aliphatic carbocycles. The smallest absolute Gasteiger partial charge is 0.249 e. The molecule has 6 heteroatoms. The van der Waals surface area contributed by atoms with Crippen LogP contribution < -0.4 is 15.5 Å². The fourth-order valence-corrected chi connectivity index (χ4v) is 6.39. The van der Waals surface area contributed by atoms with Crippen LogP contribution in [0.15, 0.2) is 77.7 Å². The van der Waals surface area contributed by atoms with Crippen molar-refractivity contribution in [1.29, 1.82) is 5.41 Å². The molecule has 2 heterocycles. The lowest BCUT2D eigenvalue weighted by Gasteiger charge is -2.41. The Hall–Kier alpha value is -3.25. The Bertz CT molecular complexity index is 1220. The van der Waals surface area contributed by atoms with Gasteiger partial charge in [0.2, 0.25) is 5.91 Å². The monoisotopic (exact) mass is 470 g/mol. The second kappa shape index (κ2) is 9.18. The van der Waals surface area contributed by atoms with Crippen molar-refractivity contribution in [1.82, 2.24) is 0 Å². The van der Waals surface area contributed by atoms with Gasteiger partial charge in [0.25, 0.3) is 0 Å². The minimum absolute atomic E-state index is 0.00382. The van der Waals surface area contributed by atoms with Crippen LogP contribution >= 0.6 is 11.8 Å². The number of nitrogens with two attached hydrogens (primary N) is 1. The molecule has 0 radical (unpaired) electrons. The van der Waals surface area contributed by atoms with Gasteiger partial charge in [0, 0.05) is 33.9 Å². The van der Waals surface area contributed by atoms with Crippen LogP contribution in [-0.4, -0.2) is 23.8 Å². The number of hydrogen-bond donors (Lipinski definition) is 2. The Morgan fingerprint density at radius 2 is 1.62 bits per heavy atom. The summed E-state index contributed by atoms with van der Waals surface area (Å²) < 4.78 is 0. The molecule has 2 aliphatic heterocycles. The molecule has 174 valence electrons. The third-order valence-electron chi connectivity index (χ3n) is 6.90. The first kappa shape index (κ1) is 22.5. The summed E-state index contributed by atoms with van der Waals surface area (Å²) in [6.07, 6.45) is 3.70. The number of amidine groups is 1.